The van der Waals surface area contributed by atoms with Gasteiger partial charge in [-0.25, -0.2) is 4.79 Å². The molecule has 1 saturated carbocycles. The maximum atomic E-state index is 12.9. The van der Waals surface area contributed by atoms with Crippen molar-refractivity contribution < 1.29 is 14.3 Å². The van der Waals surface area contributed by atoms with Crippen LogP contribution in [0.5, 0.6) is 5.75 Å². The molecular formula is C25H32N4O3. The first-order chi connectivity index (χ1) is 15.4. The van der Waals surface area contributed by atoms with Crippen LogP contribution in [0.25, 0.3) is 0 Å². The topological polar surface area (TPSA) is 96.7 Å². The molecule has 1 aliphatic carbocycles. The number of amides is 3. The lowest BCUT2D eigenvalue weighted by atomic mass is 9.84. The lowest BCUT2D eigenvalue weighted by molar-refractivity contribution is -0.121. The first kappa shape index (κ1) is 22.1. The van der Waals surface area contributed by atoms with Crippen molar-refractivity contribution in [2.45, 2.75) is 58.7 Å². The molecule has 1 fully saturated rings. The molecule has 0 atom stereocenters. The highest BCUT2D eigenvalue weighted by Crippen LogP contribution is 2.35. The molecule has 0 radical (unpaired) electrons. The molecular weight excluding hydrogens is 404 g/mol. The van der Waals surface area contributed by atoms with Crippen molar-refractivity contribution in [2.24, 2.45) is 11.7 Å². The van der Waals surface area contributed by atoms with E-state index in [1.165, 1.54) is 0 Å². The predicted octanol–water partition coefficient (Wildman–Crippen LogP) is 4.32. The van der Waals surface area contributed by atoms with Crippen LogP contribution in [0.15, 0.2) is 30.3 Å². The third kappa shape index (κ3) is 4.30. The van der Waals surface area contributed by atoms with Crippen LogP contribution in [0.1, 0.15) is 47.9 Å². The highest BCUT2D eigenvalue weighted by molar-refractivity contribution is 5.94. The minimum atomic E-state index is -0.0718. The van der Waals surface area contributed by atoms with E-state index in [1.54, 1.807) is 7.11 Å². The van der Waals surface area contributed by atoms with Crippen molar-refractivity contribution in [1.29, 1.82) is 0 Å². The molecule has 2 aliphatic rings. The Labute approximate surface area is 189 Å². The Morgan fingerprint density at radius 2 is 1.88 bits per heavy atom. The van der Waals surface area contributed by atoms with Crippen molar-refractivity contribution in [3.05, 3.63) is 52.6 Å². The van der Waals surface area contributed by atoms with Gasteiger partial charge in [-0.2, -0.15) is 0 Å². The van der Waals surface area contributed by atoms with Crippen LogP contribution in [-0.4, -0.2) is 30.0 Å². The van der Waals surface area contributed by atoms with Crippen LogP contribution in [0, 0.1) is 19.8 Å². The molecule has 0 bridgehead atoms. The number of rotatable bonds is 5. The van der Waals surface area contributed by atoms with Gasteiger partial charge in [0.1, 0.15) is 5.75 Å². The van der Waals surface area contributed by atoms with Crippen molar-refractivity contribution in [3.8, 4) is 5.75 Å². The zero-order valence-corrected chi connectivity index (χ0v) is 19.0. The standard InChI is InChI=1S/C25H32N4O3/c1-15-4-6-18(13-26)23-21(15)14-29(25(31)28-23)20-10-7-17(8-11-20)24(30)27-19-9-5-16(2)22(12-19)32-3/h4-6,9,12,17,20H,7-8,10-11,13-14,26H2,1-3H3,(H,27,30)(H,28,31). The van der Waals surface area contributed by atoms with Gasteiger partial charge in [0.2, 0.25) is 5.91 Å². The van der Waals surface area contributed by atoms with Crippen LogP contribution in [-0.2, 0) is 17.9 Å². The number of hydrogen-bond donors (Lipinski definition) is 3. The number of hydrogen-bond acceptors (Lipinski definition) is 4. The third-order valence-corrected chi connectivity index (χ3v) is 6.86. The molecule has 170 valence electrons. The number of methoxy groups -OCH3 is 1. The second-order valence-electron chi connectivity index (χ2n) is 8.84. The average Bonchev–Trinajstić information content (AvgIpc) is 2.80. The van der Waals surface area contributed by atoms with Gasteiger partial charge in [-0.1, -0.05) is 18.2 Å². The SMILES string of the molecule is COc1cc(NC(=O)C2CCC(N3Cc4c(C)ccc(CN)c4NC3=O)CC2)ccc1C. The lowest BCUT2D eigenvalue weighted by Gasteiger charge is -2.40. The molecule has 2 aromatic rings. The van der Waals surface area contributed by atoms with Crippen LogP contribution in [0.3, 0.4) is 0 Å². The van der Waals surface area contributed by atoms with Gasteiger partial charge in [0.15, 0.2) is 0 Å². The molecule has 7 heteroatoms. The number of benzene rings is 2. The summed E-state index contributed by atoms with van der Waals surface area (Å²) in [6.07, 6.45) is 3.15. The molecule has 4 N–H and O–H groups in total. The summed E-state index contributed by atoms with van der Waals surface area (Å²) in [6, 6.07) is 9.80. The molecule has 0 unspecified atom stereocenters. The van der Waals surface area contributed by atoms with E-state index < -0.39 is 0 Å². The van der Waals surface area contributed by atoms with Crippen molar-refractivity contribution in [3.63, 3.8) is 0 Å². The number of ether oxygens (including phenoxy) is 1. The van der Waals surface area contributed by atoms with E-state index in [0.717, 1.165) is 65.1 Å². The van der Waals surface area contributed by atoms with Gasteiger partial charge in [0.25, 0.3) is 0 Å². The smallest absolute Gasteiger partial charge is 0.322 e. The van der Waals surface area contributed by atoms with Crippen molar-refractivity contribution in [2.75, 3.05) is 17.7 Å². The molecule has 0 saturated heterocycles. The summed E-state index contributed by atoms with van der Waals surface area (Å²) in [7, 11) is 1.63. The summed E-state index contributed by atoms with van der Waals surface area (Å²) in [6.45, 7) is 5.02. The first-order valence-corrected chi connectivity index (χ1v) is 11.3. The molecule has 0 aromatic heterocycles. The molecule has 1 heterocycles. The number of carbonyl (C=O) groups is 2. The number of nitrogens with one attached hydrogen (secondary N) is 2. The summed E-state index contributed by atoms with van der Waals surface area (Å²) in [5.41, 5.74) is 11.8. The summed E-state index contributed by atoms with van der Waals surface area (Å²) in [4.78, 5) is 27.6. The van der Waals surface area contributed by atoms with E-state index in [9.17, 15) is 9.59 Å². The van der Waals surface area contributed by atoms with E-state index in [0.29, 0.717) is 13.1 Å². The Balaban J connectivity index is 1.38. The monoisotopic (exact) mass is 436 g/mol. The van der Waals surface area contributed by atoms with Crippen LogP contribution < -0.4 is 21.1 Å². The third-order valence-electron chi connectivity index (χ3n) is 6.86. The number of nitrogens with zero attached hydrogens (tertiary/aromatic N) is 1. The second kappa shape index (κ2) is 9.20. The van der Waals surface area contributed by atoms with E-state index >= 15 is 0 Å². The maximum Gasteiger partial charge on any atom is 0.322 e. The van der Waals surface area contributed by atoms with E-state index in [-0.39, 0.29) is 23.9 Å². The van der Waals surface area contributed by atoms with Crippen LogP contribution in [0.2, 0.25) is 0 Å². The van der Waals surface area contributed by atoms with Gasteiger partial charge < -0.3 is 26.0 Å². The fourth-order valence-corrected chi connectivity index (χ4v) is 4.84. The Morgan fingerprint density at radius 1 is 1.16 bits per heavy atom. The molecule has 2 aromatic carbocycles. The zero-order chi connectivity index (χ0) is 22.8. The maximum absolute atomic E-state index is 12.9. The average molecular weight is 437 g/mol. The molecule has 4 rings (SSSR count). The fraction of sp³-hybridized carbons (Fsp3) is 0.440. The van der Waals surface area contributed by atoms with Crippen LogP contribution >= 0.6 is 0 Å². The fourth-order valence-electron chi connectivity index (χ4n) is 4.84. The second-order valence-corrected chi connectivity index (χ2v) is 8.84. The molecule has 7 nitrogen and oxygen atoms in total. The number of nitrogens with two attached hydrogens (primary N) is 1. The lowest BCUT2D eigenvalue weighted by Crippen LogP contribution is -2.47. The first-order valence-electron chi connectivity index (χ1n) is 11.3. The zero-order valence-electron chi connectivity index (χ0n) is 19.0. The Bertz CT molecular complexity index is 1030. The summed E-state index contributed by atoms with van der Waals surface area (Å²) >= 11 is 0. The summed E-state index contributed by atoms with van der Waals surface area (Å²) < 4.78 is 5.35. The Hall–Kier alpha value is -3.06. The van der Waals surface area contributed by atoms with Crippen molar-refractivity contribution in [1.82, 2.24) is 4.90 Å². The van der Waals surface area contributed by atoms with Gasteiger partial charge >= 0.3 is 6.03 Å². The van der Waals surface area contributed by atoms with Gasteiger partial charge in [-0.3, -0.25) is 4.79 Å². The predicted molar refractivity (Wildman–Crippen MR) is 126 cm³/mol. The van der Waals surface area contributed by atoms with Gasteiger partial charge in [0.05, 0.1) is 19.3 Å². The van der Waals surface area contributed by atoms with Crippen LogP contribution in [0.4, 0.5) is 16.2 Å². The number of aryl methyl sites for hydroxylation is 2. The summed E-state index contributed by atoms with van der Waals surface area (Å²) in [5.74, 6) is 0.742. The normalized spacial score (nSPS) is 20.4. The Kier molecular flexibility index (Phi) is 6.37. The van der Waals surface area contributed by atoms with Gasteiger partial charge in [-0.05, 0) is 67.9 Å². The van der Waals surface area contributed by atoms with E-state index in [2.05, 4.69) is 23.6 Å². The number of anilines is 2. The van der Waals surface area contributed by atoms with Gasteiger partial charge in [0, 0.05) is 30.3 Å². The molecule has 32 heavy (non-hydrogen) atoms. The largest absolute Gasteiger partial charge is 0.496 e. The van der Waals surface area contributed by atoms with E-state index in [4.69, 9.17) is 10.5 Å². The van der Waals surface area contributed by atoms with Crippen molar-refractivity contribution >= 4 is 23.3 Å². The number of urea groups is 1. The molecule has 1 aliphatic heterocycles. The quantitative estimate of drug-likeness (QED) is 0.650. The molecule has 3 amide bonds. The number of carbonyl (C=O) groups excluding carboxylic acids is 2. The van der Waals surface area contributed by atoms with E-state index in [1.807, 2.05) is 36.1 Å². The minimum absolute atomic E-state index is 0.0335. The van der Waals surface area contributed by atoms with Gasteiger partial charge in [-0.15, -0.1) is 0 Å². The Morgan fingerprint density at radius 3 is 2.56 bits per heavy atom. The number of fused-ring (bicyclic) bond motifs is 1. The minimum Gasteiger partial charge on any atom is -0.496 e. The summed E-state index contributed by atoms with van der Waals surface area (Å²) in [5, 5.41) is 6.09. The molecule has 0 spiro atoms. The highest BCUT2D eigenvalue weighted by atomic mass is 16.5. The highest BCUT2D eigenvalue weighted by Gasteiger charge is 2.35.